The Hall–Kier alpha value is -0.645. The Labute approximate surface area is 133 Å². The number of methoxy groups -OCH3 is 1. The molecule has 0 aliphatic rings. The molecule has 0 saturated carbocycles. The largest absolute Gasteiger partial charge is 0.496 e. The quantitative estimate of drug-likeness (QED) is 0.621. The van der Waals surface area contributed by atoms with Crippen molar-refractivity contribution in [2.75, 3.05) is 7.11 Å². The van der Waals surface area contributed by atoms with Crippen molar-refractivity contribution in [3.63, 3.8) is 0 Å². The van der Waals surface area contributed by atoms with Gasteiger partial charge in [0.2, 0.25) is 0 Å². The van der Waals surface area contributed by atoms with E-state index in [9.17, 15) is 5.11 Å². The Bertz CT molecular complexity index is 467. The fourth-order valence-electron chi connectivity index (χ4n) is 1.60. The fourth-order valence-corrected chi connectivity index (χ4v) is 2.59. The molecule has 0 aliphatic carbocycles. The Morgan fingerprint density at radius 2 is 1.81 bits per heavy atom. The third kappa shape index (κ3) is 5.24. The molecule has 1 aromatic rings. The van der Waals surface area contributed by atoms with Crippen molar-refractivity contribution in [3.8, 4) is 5.75 Å². The van der Waals surface area contributed by atoms with Crippen LogP contribution in [0.15, 0.2) is 23.1 Å². The summed E-state index contributed by atoms with van der Waals surface area (Å²) < 4.78 is 11.3. The lowest BCUT2D eigenvalue weighted by Crippen LogP contribution is -2.49. The number of rotatable bonds is 7. The van der Waals surface area contributed by atoms with Crippen LogP contribution in [-0.4, -0.2) is 36.2 Å². The van der Waals surface area contributed by atoms with Gasteiger partial charge in [-0.25, -0.2) is 0 Å². The first kappa shape index (κ1) is 18.4. The SMILES string of the molecule is COc1ccc(BOC(C)(C)C(C)(C)O)cc1SC(C)C. The molecule has 0 heterocycles. The maximum atomic E-state index is 10.1. The average Bonchev–Trinajstić information content (AvgIpc) is 2.34. The van der Waals surface area contributed by atoms with E-state index in [-0.39, 0.29) is 0 Å². The zero-order valence-corrected chi connectivity index (χ0v) is 15.0. The smallest absolute Gasteiger partial charge is 0.309 e. The zero-order chi connectivity index (χ0) is 16.3. The van der Waals surface area contributed by atoms with E-state index in [1.807, 2.05) is 26.0 Å². The van der Waals surface area contributed by atoms with Gasteiger partial charge in [-0.3, -0.25) is 0 Å². The van der Waals surface area contributed by atoms with Crippen LogP contribution in [-0.2, 0) is 4.65 Å². The summed E-state index contributed by atoms with van der Waals surface area (Å²) >= 11 is 1.77. The van der Waals surface area contributed by atoms with Gasteiger partial charge in [0.25, 0.3) is 0 Å². The van der Waals surface area contributed by atoms with Crippen molar-refractivity contribution in [3.05, 3.63) is 18.2 Å². The molecular weight excluding hydrogens is 283 g/mol. The van der Waals surface area contributed by atoms with Crippen molar-refractivity contribution < 1.29 is 14.5 Å². The van der Waals surface area contributed by atoms with Crippen LogP contribution in [0.3, 0.4) is 0 Å². The molecule has 3 nitrogen and oxygen atoms in total. The molecule has 0 saturated heterocycles. The van der Waals surface area contributed by atoms with Crippen LogP contribution in [0.5, 0.6) is 5.75 Å². The highest BCUT2D eigenvalue weighted by Gasteiger charge is 2.35. The summed E-state index contributed by atoms with van der Waals surface area (Å²) in [5.74, 6) is 0.888. The lowest BCUT2D eigenvalue weighted by atomic mass is 9.82. The maximum absolute atomic E-state index is 10.1. The van der Waals surface area contributed by atoms with E-state index >= 15 is 0 Å². The highest BCUT2D eigenvalue weighted by molar-refractivity contribution is 8.00. The molecule has 118 valence electrons. The van der Waals surface area contributed by atoms with Crippen molar-refractivity contribution in [1.29, 1.82) is 0 Å². The molecule has 21 heavy (non-hydrogen) atoms. The van der Waals surface area contributed by atoms with Gasteiger partial charge in [-0.15, -0.1) is 11.8 Å². The molecule has 1 rings (SSSR count). The number of hydrogen-bond donors (Lipinski definition) is 1. The van der Waals surface area contributed by atoms with Gasteiger partial charge in [0.15, 0.2) is 0 Å². The summed E-state index contributed by atoms with van der Waals surface area (Å²) in [6.07, 6.45) is 0. The average molecular weight is 310 g/mol. The summed E-state index contributed by atoms with van der Waals surface area (Å²) in [5, 5.41) is 10.6. The van der Waals surface area contributed by atoms with E-state index in [4.69, 9.17) is 9.39 Å². The van der Waals surface area contributed by atoms with Crippen LogP contribution >= 0.6 is 11.8 Å². The van der Waals surface area contributed by atoms with Crippen molar-refractivity contribution in [2.45, 2.75) is 62.9 Å². The molecule has 0 bridgehead atoms. The van der Waals surface area contributed by atoms with Crippen molar-refractivity contribution in [2.24, 2.45) is 0 Å². The van der Waals surface area contributed by atoms with E-state index in [0.717, 1.165) is 16.1 Å². The minimum atomic E-state index is -0.894. The molecular formula is C16H27BO3S. The predicted octanol–water partition coefficient (Wildman–Crippen LogP) is 2.74. The number of benzene rings is 1. The lowest BCUT2D eigenvalue weighted by Gasteiger charge is -2.37. The number of aliphatic hydroxyl groups is 1. The molecule has 0 amide bonds. The molecule has 0 spiro atoms. The highest BCUT2D eigenvalue weighted by atomic mass is 32.2. The third-order valence-corrected chi connectivity index (χ3v) is 4.71. The molecule has 0 radical (unpaired) electrons. The highest BCUT2D eigenvalue weighted by Crippen LogP contribution is 2.31. The summed E-state index contributed by atoms with van der Waals surface area (Å²) in [6, 6.07) is 6.08. The second-order valence-corrected chi connectivity index (χ2v) is 8.13. The summed E-state index contributed by atoms with van der Waals surface area (Å²) in [6.45, 7) is 11.7. The number of ether oxygens (including phenoxy) is 1. The fraction of sp³-hybridized carbons (Fsp3) is 0.625. The Balaban J connectivity index is 2.85. The van der Waals surface area contributed by atoms with Gasteiger partial charge in [0.1, 0.15) is 5.75 Å². The lowest BCUT2D eigenvalue weighted by molar-refractivity contribution is -0.0893. The molecule has 1 aromatic carbocycles. The summed E-state index contributed by atoms with van der Waals surface area (Å²) in [7, 11) is 2.15. The van der Waals surface area contributed by atoms with Gasteiger partial charge in [-0.05, 0) is 39.8 Å². The first-order valence-electron chi connectivity index (χ1n) is 7.26. The van der Waals surface area contributed by atoms with Gasteiger partial charge < -0.3 is 14.5 Å². The van der Waals surface area contributed by atoms with Crippen LogP contribution in [0, 0.1) is 0 Å². The van der Waals surface area contributed by atoms with Crippen molar-refractivity contribution in [1.82, 2.24) is 0 Å². The minimum Gasteiger partial charge on any atom is -0.496 e. The first-order chi connectivity index (χ1) is 9.56. The van der Waals surface area contributed by atoms with Gasteiger partial charge in [0, 0.05) is 10.1 Å². The zero-order valence-electron chi connectivity index (χ0n) is 14.2. The molecule has 5 heteroatoms. The van der Waals surface area contributed by atoms with Gasteiger partial charge in [-0.1, -0.05) is 25.4 Å². The molecule has 0 atom stereocenters. The standard InChI is InChI=1S/C16H27BO3S/c1-11(2)21-14-10-12(8-9-13(14)19-7)17-20-16(5,6)15(3,4)18/h8-11,17-18H,1-7H3. The second-order valence-electron chi connectivity index (χ2n) is 6.51. The van der Waals surface area contributed by atoms with E-state index in [2.05, 4.69) is 19.9 Å². The number of thioether (sulfide) groups is 1. The first-order valence-corrected chi connectivity index (χ1v) is 8.14. The van der Waals surface area contributed by atoms with Crippen LogP contribution in [0.25, 0.3) is 0 Å². The maximum Gasteiger partial charge on any atom is 0.309 e. The number of hydrogen-bond acceptors (Lipinski definition) is 4. The molecule has 1 N–H and O–H groups in total. The van der Waals surface area contributed by atoms with Gasteiger partial charge in [-0.2, -0.15) is 0 Å². The van der Waals surface area contributed by atoms with Crippen LogP contribution in [0.1, 0.15) is 41.5 Å². The Morgan fingerprint density at radius 3 is 2.29 bits per heavy atom. The van der Waals surface area contributed by atoms with E-state index in [0.29, 0.717) is 12.7 Å². The molecule has 0 aromatic heterocycles. The van der Waals surface area contributed by atoms with Gasteiger partial charge >= 0.3 is 7.48 Å². The monoisotopic (exact) mass is 310 g/mol. The van der Waals surface area contributed by atoms with Crippen LogP contribution in [0.4, 0.5) is 0 Å². The normalized spacial score (nSPS) is 12.6. The molecule has 0 aliphatic heterocycles. The molecule has 0 unspecified atom stereocenters. The predicted molar refractivity (Wildman–Crippen MR) is 92.2 cm³/mol. The Morgan fingerprint density at radius 1 is 1.19 bits per heavy atom. The Kier molecular flexibility index (Phi) is 6.20. The molecule has 0 fully saturated rings. The van der Waals surface area contributed by atoms with E-state index in [1.54, 1.807) is 32.7 Å². The topological polar surface area (TPSA) is 38.7 Å². The van der Waals surface area contributed by atoms with E-state index < -0.39 is 11.2 Å². The third-order valence-electron chi connectivity index (χ3n) is 3.66. The van der Waals surface area contributed by atoms with Crippen molar-refractivity contribution >= 4 is 24.7 Å². The second kappa shape index (κ2) is 7.08. The minimum absolute atomic E-state index is 0.465. The van der Waals surface area contributed by atoms with Crippen LogP contribution < -0.4 is 10.2 Å². The van der Waals surface area contributed by atoms with Crippen LogP contribution in [0.2, 0.25) is 0 Å². The van der Waals surface area contributed by atoms with Gasteiger partial charge in [0.05, 0.1) is 18.3 Å². The summed E-state index contributed by atoms with van der Waals surface area (Å²) in [4.78, 5) is 1.12. The summed E-state index contributed by atoms with van der Waals surface area (Å²) in [5.41, 5.74) is -0.427. The van der Waals surface area contributed by atoms with E-state index in [1.165, 1.54) is 0 Å².